The normalized spacial score (nSPS) is 18.0. The summed E-state index contributed by atoms with van der Waals surface area (Å²) < 4.78 is 0. The van der Waals surface area contributed by atoms with Crippen LogP contribution in [0.5, 0.6) is 0 Å². The molecule has 0 aromatic rings. The summed E-state index contributed by atoms with van der Waals surface area (Å²) in [4.78, 5) is 52.6. The molecule has 0 aromatic carbocycles. The molecule has 0 aromatic heterocycles. The van der Waals surface area contributed by atoms with Gasteiger partial charge < -0.3 is 20.1 Å². The number of carbonyl (C=O) groups excluding carboxylic acids is 2. The Morgan fingerprint density at radius 1 is 0.667 bits per heavy atom. The molecule has 0 atom stereocenters. The average Bonchev–Trinajstić information content (AvgIpc) is 2.76. The van der Waals surface area contributed by atoms with E-state index in [4.69, 9.17) is 15.3 Å². The maximum Gasteiger partial charge on any atom is 0.317 e. The first kappa shape index (κ1) is 33.3. The van der Waals surface area contributed by atoms with E-state index in [1.54, 1.807) is 0 Å². The molecule has 33 heavy (non-hydrogen) atoms. The molecule has 1 rings (SSSR count). The highest BCUT2D eigenvalue weighted by Gasteiger charge is 2.17. The Morgan fingerprint density at radius 3 is 1.33 bits per heavy atom. The molecule has 0 radical (unpaired) electrons. The third kappa shape index (κ3) is 19.3. The van der Waals surface area contributed by atoms with Gasteiger partial charge in [0.15, 0.2) is 0 Å². The number of hydrogen-bond acceptors (Lipinski definition) is 9. The van der Waals surface area contributed by atoms with E-state index in [9.17, 15) is 19.2 Å². The van der Waals surface area contributed by atoms with Crippen LogP contribution in [0.3, 0.4) is 0 Å². The van der Waals surface area contributed by atoms with Gasteiger partial charge in [-0.3, -0.25) is 34.0 Å². The summed E-state index contributed by atoms with van der Waals surface area (Å²) in [5.41, 5.74) is 0. The number of carboxylic acid groups (broad SMARTS) is 2. The second-order valence-electron chi connectivity index (χ2n) is 7.49. The highest BCUT2D eigenvalue weighted by Crippen LogP contribution is 2.03. The van der Waals surface area contributed by atoms with Gasteiger partial charge in [-0.2, -0.15) is 0 Å². The van der Waals surface area contributed by atoms with E-state index in [1.807, 2.05) is 33.4 Å². The number of aldehydes is 1. The predicted octanol–water partition coefficient (Wildman–Crippen LogP) is -0.420. The van der Waals surface area contributed by atoms with Crippen LogP contribution in [-0.4, -0.2) is 145 Å². The Hall–Kier alpha value is -1.92. The number of carboxylic acids is 2. The molecule has 1 aliphatic rings. The molecular formula is C22H44N4O7. The molecule has 0 saturated carbocycles. The average molecular weight is 477 g/mol. The van der Waals surface area contributed by atoms with Crippen LogP contribution >= 0.6 is 0 Å². The van der Waals surface area contributed by atoms with Gasteiger partial charge in [0, 0.05) is 46.4 Å². The number of aliphatic hydroxyl groups excluding tert-OH is 1. The number of ketones is 1. The lowest BCUT2D eigenvalue weighted by Gasteiger charge is -2.30. The van der Waals surface area contributed by atoms with E-state index < -0.39 is 11.9 Å². The van der Waals surface area contributed by atoms with Gasteiger partial charge in [-0.15, -0.1) is 0 Å². The third-order valence-corrected chi connectivity index (χ3v) is 4.86. The van der Waals surface area contributed by atoms with Gasteiger partial charge in [-0.1, -0.05) is 13.8 Å². The second-order valence-corrected chi connectivity index (χ2v) is 7.49. The van der Waals surface area contributed by atoms with Crippen molar-refractivity contribution in [1.82, 2.24) is 19.6 Å². The lowest BCUT2D eigenvalue weighted by atomic mass is 10.2. The van der Waals surface area contributed by atoms with E-state index in [0.717, 1.165) is 19.8 Å². The van der Waals surface area contributed by atoms with Gasteiger partial charge in [-0.05, 0) is 32.9 Å². The molecule has 0 spiro atoms. The first-order valence-corrected chi connectivity index (χ1v) is 11.5. The Bertz CT molecular complexity index is 549. The molecule has 1 fully saturated rings. The molecule has 0 bridgehead atoms. The Labute approximate surface area is 197 Å². The van der Waals surface area contributed by atoms with Gasteiger partial charge in [0.1, 0.15) is 12.1 Å². The van der Waals surface area contributed by atoms with Crippen molar-refractivity contribution in [3.63, 3.8) is 0 Å². The van der Waals surface area contributed by atoms with Crippen LogP contribution in [0, 0.1) is 0 Å². The molecule has 1 aliphatic heterocycles. The van der Waals surface area contributed by atoms with Gasteiger partial charge in [0.05, 0.1) is 26.2 Å². The van der Waals surface area contributed by atoms with Gasteiger partial charge in [-0.25, -0.2) is 0 Å². The Morgan fingerprint density at radius 2 is 1.00 bits per heavy atom. The minimum atomic E-state index is -0.907. The zero-order valence-electron chi connectivity index (χ0n) is 20.7. The maximum absolute atomic E-state index is 11.6. The van der Waals surface area contributed by atoms with Crippen molar-refractivity contribution in [3.8, 4) is 0 Å². The summed E-state index contributed by atoms with van der Waals surface area (Å²) in [6.45, 7) is 10.6. The Kier molecular flexibility index (Phi) is 22.1. The molecule has 1 heterocycles. The van der Waals surface area contributed by atoms with Crippen LogP contribution in [0.1, 0.15) is 33.6 Å². The van der Waals surface area contributed by atoms with E-state index in [1.165, 1.54) is 6.92 Å². The lowest BCUT2D eigenvalue weighted by molar-refractivity contribution is -0.139. The van der Waals surface area contributed by atoms with Crippen LogP contribution in [0.25, 0.3) is 0 Å². The topological polar surface area (TPSA) is 142 Å². The molecule has 0 unspecified atom stereocenters. The minimum absolute atomic E-state index is 0.0601. The first-order valence-electron chi connectivity index (χ1n) is 11.5. The molecular weight excluding hydrogens is 432 g/mol. The van der Waals surface area contributed by atoms with Crippen LogP contribution in [-0.2, 0) is 19.2 Å². The van der Waals surface area contributed by atoms with Gasteiger partial charge in [0.2, 0.25) is 0 Å². The van der Waals surface area contributed by atoms with Crippen LogP contribution in [0.15, 0.2) is 0 Å². The summed E-state index contributed by atoms with van der Waals surface area (Å²) in [6.07, 6.45) is 2.25. The summed E-state index contributed by atoms with van der Waals surface area (Å²) in [7, 11) is 1.00. The number of Topliss-reactive ketones (excluding diaryl/α,β-unsaturated/α-hetero) is 1. The summed E-state index contributed by atoms with van der Waals surface area (Å²) in [6, 6.07) is 0. The SMILES string of the molecule is CC.CC(=O)CN1CCCN(CC=O)CCN(CC(=O)O)CCCN(CC(=O)O)CC1.CO. The highest BCUT2D eigenvalue weighted by molar-refractivity contribution is 5.77. The van der Waals surface area contributed by atoms with Crippen LogP contribution in [0.2, 0.25) is 0 Å². The van der Waals surface area contributed by atoms with E-state index in [2.05, 4.69) is 0 Å². The lowest BCUT2D eigenvalue weighted by Crippen LogP contribution is -2.44. The zero-order chi connectivity index (χ0) is 25.6. The molecule has 0 aliphatic carbocycles. The number of hydrogen-bond donors (Lipinski definition) is 3. The first-order chi connectivity index (χ1) is 15.8. The van der Waals surface area contributed by atoms with Gasteiger partial charge in [0.25, 0.3) is 0 Å². The van der Waals surface area contributed by atoms with Crippen molar-refractivity contribution in [1.29, 1.82) is 0 Å². The quantitative estimate of drug-likeness (QED) is 0.393. The summed E-state index contributed by atoms with van der Waals surface area (Å²) in [5, 5.41) is 25.3. The predicted molar refractivity (Wildman–Crippen MR) is 127 cm³/mol. The van der Waals surface area contributed by atoms with Crippen LogP contribution < -0.4 is 0 Å². The van der Waals surface area contributed by atoms with E-state index >= 15 is 0 Å². The standard InChI is InChI=1S/C19H34N4O6.C2H6.CH4O/c1-17(25)14-21-5-2-4-20(12-13-24)8-9-22(15-18(26)27)6-3-7-23(11-10-21)16-19(28)29;2*1-2/h13H,2-12,14-16H2,1H3,(H,26,27)(H,28,29);1-2H3;2H,1H3. The third-order valence-electron chi connectivity index (χ3n) is 4.86. The van der Waals surface area contributed by atoms with E-state index in [0.29, 0.717) is 71.9 Å². The van der Waals surface area contributed by atoms with Crippen molar-refractivity contribution in [3.05, 3.63) is 0 Å². The van der Waals surface area contributed by atoms with Gasteiger partial charge >= 0.3 is 11.9 Å². The number of aliphatic hydroxyl groups is 1. The van der Waals surface area contributed by atoms with Crippen molar-refractivity contribution in [2.45, 2.75) is 33.6 Å². The summed E-state index contributed by atoms with van der Waals surface area (Å²) in [5.74, 6) is -1.75. The number of aliphatic carboxylic acids is 2. The number of carbonyl (C=O) groups is 4. The summed E-state index contributed by atoms with van der Waals surface area (Å²) >= 11 is 0. The molecule has 1 saturated heterocycles. The molecule has 3 N–H and O–H groups in total. The van der Waals surface area contributed by atoms with Crippen LogP contribution in [0.4, 0.5) is 0 Å². The molecule has 11 heteroatoms. The largest absolute Gasteiger partial charge is 0.480 e. The second kappa shape index (κ2) is 21.9. The fourth-order valence-electron chi connectivity index (χ4n) is 3.51. The number of nitrogens with zero attached hydrogens (tertiary/aromatic N) is 4. The van der Waals surface area contributed by atoms with E-state index in [-0.39, 0.29) is 18.9 Å². The highest BCUT2D eigenvalue weighted by atomic mass is 16.4. The maximum atomic E-state index is 11.6. The molecule has 0 amide bonds. The molecule has 194 valence electrons. The Balaban J connectivity index is 0. The fourth-order valence-corrected chi connectivity index (χ4v) is 3.51. The van der Waals surface area contributed by atoms with Crippen molar-refractivity contribution in [2.24, 2.45) is 0 Å². The smallest absolute Gasteiger partial charge is 0.317 e. The number of rotatable bonds is 8. The fraction of sp³-hybridized carbons (Fsp3) is 0.818. The minimum Gasteiger partial charge on any atom is -0.480 e. The zero-order valence-corrected chi connectivity index (χ0v) is 20.7. The van der Waals surface area contributed by atoms with Crippen molar-refractivity contribution >= 4 is 24.0 Å². The van der Waals surface area contributed by atoms with Crippen molar-refractivity contribution in [2.75, 3.05) is 85.6 Å². The molecule has 11 nitrogen and oxygen atoms in total. The van der Waals surface area contributed by atoms with Crippen molar-refractivity contribution < 1.29 is 34.5 Å². The monoisotopic (exact) mass is 476 g/mol.